The second-order valence-electron chi connectivity index (χ2n) is 4.60. The number of aryl methyl sites for hydroxylation is 1. The van der Waals surface area contributed by atoms with Gasteiger partial charge in [-0.15, -0.1) is 0 Å². The zero-order valence-corrected chi connectivity index (χ0v) is 10.6. The van der Waals surface area contributed by atoms with Crippen molar-refractivity contribution in [2.75, 3.05) is 11.6 Å². The van der Waals surface area contributed by atoms with Gasteiger partial charge >= 0.3 is 0 Å². The Morgan fingerprint density at radius 2 is 1.83 bits per heavy atom. The average Bonchev–Trinajstić information content (AvgIpc) is 2.47. The number of para-hydroxylation sites is 1. The van der Waals surface area contributed by atoms with Gasteiger partial charge in [0.05, 0.1) is 0 Å². The second kappa shape index (κ2) is 4.73. The molecule has 0 N–H and O–H groups in total. The molecule has 0 saturated heterocycles. The molecule has 2 aromatic carbocycles. The lowest BCUT2D eigenvalue weighted by molar-refractivity contribution is 0.289. The molecule has 0 unspecified atom stereocenters. The third-order valence-electron chi connectivity index (χ3n) is 3.42. The fourth-order valence-electron chi connectivity index (χ4n) is 2.28. The number of rotatable bonds is 2. The summed E-state index contributed by atoms with van der Waals surface area (Å²) in [6.07, 6.45) is 1.08. The molecule has 0 aliphatic carbocycles. The first-order chi connectivity index (χ1) is 8.86. The molecule has 3 rings (SSSR count). The fraction of sp³-hybridized carbons (Fsp3) is 0.250. The number of hydrogen-bond donors (Lipinski definition) is 0. The highest BCUT2D eigenvalue weighted by Crippen LogP contribution is 2.27. The number of ether oxygens (including phenoxy) is 1. The molecule has 1 aliphatic rings. The van der Waals surface area contributed by atoms with E-state index < -0.39 is 0 Å². The van der Waals surface area contributed by atoms with Gasteiger partial charge in [0.2, 0.25) is 0 Å². The van der Waals surface area contributed by atoms with Crippen LogP contribution in [0.15, 0.2) is 48.5 Å². The van der Waals surface area contributed by atoms with Crippen LogP contribution >= 0.6 is 0 Å². The summed E-state index contributed by atoms with van der Waals surface area (Å²) < 4.78 is 5.77. The van der Waals surface area contributed by atoms with Crippen LogP contribution in [-0.4, -0.2) is 6.73 Å². The number of hydrogen-bond acceptors (Lipinski definition) is 2. The van der Waals surface area contributed by atoms with E-state index in [-0.39, 0.29) is 0 Å². The van der Waals surface area contributed by atoms with Gasteiger partial charge in [-0.3, -0.25) is 0 Å². The summed E-state index contributed by atoms with van der Waals surface area (Å²) in [7, 11) is 0. The van der Waals surface area contributed by atoms with Crippen LogP contribution in [-0.2, 0) is 13.0 Å². The summed E-state index contributed by atoms with van der Waals surface area (Å²) in [6.45, 7) is 3.72. The van der Waals surface area contributed by atoms with Crippen LogP contribution in [0.1, 0.15) is 18.1 Å². The first kappa shape index (κ1) is 11.1. The van der Waals surface area contributed by atoms with Gasteiger partial charge in [-0.1, -0.05) is 37.3 Å². The van der Waals surface area contributed by atoms with E-state index >= 15 is 0 Å². The van der Waals surface area contributed by atoms with Crippen molar-refractivity contribution in [2.24, 2.45) is 0 Å². The van der Waals surface area contributed by atoms with Crippen molar-refractivity contribution >= 4 is 5.69 Å². The number of nitrogens with zero attached hydrogens (tertiary/aromatic N) is 1. The molecule has 92 valence electrons. The summed E-state index contributed by atoms with van der Waals surface area (Å²) in [5.74, 6) is 1.01. The van der Waals surface area contributed by atoms with Gasteiger partial charge in [-0.25, -0.2) is 0 Å². The number of fused-ring (bicyclic) bond motifs is 1. The smallest absolute Gasteiger partial charge is 0.161 e. The van der Waals surface area contributed by atoms with E-state index in [9.17, 15) is 0 Å². The quantitative estimate of drug-likeness (QED) is 0.794. The largest absolute Gasteiger partial charge is 0.473 e. The van der Waals surface area contributed by atoms with E-state index in [2.05, 4.69) is 48.2 Å². The Kier molecular flexibility index (Phi) is 2.93. The Morgan fingerprint density at radius 1 is 1.06 bits per heavy atom. The molecule has 0 aromatic heterocycles. The Bertz CT molecular complexity index is 533. The van der Waals surface area contributed by atoms with E-state index in [1.165, 1.54) is 16.8 Å². The average molecular weight is 239 g/mol. The molecule has 1 aliphatic heterocycles. The maximum Gasteiger partial charge on any atom is 0.161 e. The molecular weight excluding hydrogens is 222 g/mol. The Labute approximate surface area is 108 Å². The molecule has 0 saturated carbocycles. The molecule has 0 radical (unpaired) electrons. The molecule has 0 spiro atoms. The van der Waals surface area contributed by atoms with Gasteiger partial charge in [0.15, 0.2) is 6.73 Å². The molecule has 2 aromatic rings. The van der Waals surface area contributed by atoms with Gasteiger partial charge in [0.1, 0.15) is 5.75 Å². The van der Waals surface area contributed by atoms with E-state index in [0.717, 1.165) is 18.7 Å². The maximum absolute atomic E-state index is 5.77. The highest BCUT2D eigenvalue weighted by molar-refractivity contribution is 5.50. The predicted octanol–water partition coefficient (Wildman–Crippen LogP) is 3.61. The zero-order valence-electron chi connectivity index (χ0n) is 10.6. The van der Waals surface area contributed by atoms with Crippen molar-refractivity contribution in [3.63, 3.8) is 0 Å². The van der Waals surface area contributed by atoms with Crippen molar-refractivity contribution in [1.82, 2.24) is 0 Å². The molecule has 0 bridgehead atoms. The lowest BCUT2D eigenvalue weighted by Crippen LogP contribution is -2.31. The molecule has 2 nitrogen and oxygen atoms in total. The van der Waals surface area contributed by atoms with E-state index in [4.69, 9.17) is 4.74 Å². The summed E-state index contributed by atoms with van der Waals surface area (Å²) >= 11 is 0. The van der Waals surface area contributed by atoms with Crippen LogP contribution < -0.4 is 9.64 Å². The summed E-state index contributed by atoms with van der Waals surface area (Å²) in [4.78, 5) is 2.25. The highest BCUT2D eigenvalue weighted by Gasteiger charge is 2.16. The number of anilines is 1. The van der Waals surface area contributed by atoms with Crippen molar-refractivity contribution < 1.29 is 4.74 Å². The summed E-state index contributed by atoms with van der Waals surface area (Å²) in [5, 5.41) is 0. The maximum atomic E-state index is 5.77. The molecule has 2 heteroatoms. The summed E-state index contributed by atoms with van der Waals surface area (Å²) in [5.41, 5.74) is 3.85. The monoisotopic (exact) mass is 239 g/mol. The minimum absolute atomic E-state index is 0.627. The standard InChI is InChI=1S/C16H17NO/c1-2-13-7-9-15(10-8-13)17-11-14-5-3-4-6-16(14)18-12-17/h3-10H,2,11-12H2,1H3. The fourth-order valence-corrected chi connectivity index (χ4v) is 2.28. The van der Waals surface area contributed by atoms with Gasteiger partial charge in [0.25, 0.3) is 0 Å². The third-order valence-corrected chi connectivity index (χ3v) is 3.42. The van der Waals surface area contributed by atoms with Gasteiger partial charge < -0.3 is 9.64 Å². The molecule has 1 heterocycles. The normalized spacial score (nSPS) is 13.9. The van der Waals surface area contributed by atoms with Crippen LogP contribution in [0.5, 0.6) is 5.75 Å². The van der Waals surface area contributed by atoms with Crippen LogP contribution in [0.4, 0.5) is 5.69 Å². The van der Waals surface area contributed by atoms with Gasteiger partial charge in [0, 0.05) is 17.8 Å². The lowest BCUT2D eigenvalue weighted by Gasteiger charge is -2.30. The molecular formula is C16H17NO. The molecule has 0 atom stereocenters. The van der Waals surface area contributed by atoms with E-state index in [1.807, 2.05) is 12.1 Å². The lowest BCUT2D eigenvalue weighted by atomic mass is 10.1. The van der Waals surface area contributed by atoms with Crippen molar-refractivity contribution in [3.05, 3.63) is 59.7 Å². The first-order valence-corrected chi connectivity index (χ1v) is 6.41. The third kappa shape index (κ3) is 2.06. The van der Waals surface area contributed by atoms with E-state index in [1.54, 1.807) is 0 Å². The van der Waals surface area contributed by atoms with Crippen LogP contribution in [0.3, 0.4) is 0 Å². The topological polar surface area (TPSA) is 12.5 Å². The highest BCUT2D eigenvalue weighted by atomic mass is 16.5. The van der Waals surface area contributed by atoms with Crippen molar-refractivity contribution in [1.29, 1.82) is 0 Å². The van der Waals surface area contributed by atoms with Crippen molar-refractivity contribution in [3.8, 4) is 5.75 Å². The Hall–Kier alpha value is -1.96. The Morgan fingerprint density at radius 3 is 2.61 bits per heavy atom. The SMILES string of the molecule is CCc1ccc(N2COc3ccccc3C2)cc1. The Balaban J connectivity index is 1.82. The minimum Gasteiger partial charge on any atom is -0.473 e. The molecule has 0 fully saturated rings. The van der Waals surface area contributed by atoms with Crippen LogP contribution in [0.2, 0.25) is 0 Å². The van der Waals surface area contributed by atoms with Gasteiger partial charge in [-0.05, 0) is 30.2 Å². The van der Waals surface area contributed by atoms with E-state index in [0.29, 0.717) is 6.73 Å². The van der Waals surface area contributed by atoms with Crippen LogP contribution in [0, 0.1) is 0 Å². The van der Waals surface area contributed by atoms with Crippen molar-refractivity contribution in [2.45, 2.75) is 19.9 Å². The minimum atomic E-state index is 0.627. The summed E-state index contributed by atoms with van der Waals surface area (Å²) in [6, 6.07) is 17.0. The predicted molar refractivity (Wildman–Crippen MR) is 73.9 cm³/mol. The molecule has 18 heavy (non-hydrogen) atoms. The zero-order chi connectivity index (χ0) is 12.4. The van der Waals surface area contributed by atoms with Crippen LogP contribution in [0.25, 0.3) is 0 Å². The number of benzene rings is 2. The second-order valence-corrected chi connectivity index (χ2v) is 4.60. The molecule has 0 amide bonds. The van der Waals surface area contributed by atoms with Gasteiger partial charge in [-0.2, -0.15) is 0 Å². The first-order valence-electron chi connectivity index (χ1n) is 6.41.